The topological polar surface area (TPSA) is 79.3 Å². The highest BCUT2D eigenvalue weighted by atomic mass is 32.1. The molecule has 2 rings (SSSR count). The Balaban J connectivity index is 1.82. The van der Waals surface area contributed by atoms with Gasteiger partial charge in [0.1, 0.15) is 10.7 Å². The van der Waals surface area contributed by atoms with Gasteiger partial charge in [-0.05, 0) is 25.3 Å². The van der Waals surface area contributed by atoms with E-state index in [1.54, 1.807) is 5.38 Å². The van der Waals surface area contributed by atoms with Gasteiger partial charge in [0, 0.05) is 23.9 Å². The summed E-state index contributed by atoms with van der Waals surface area (Å²) in [6.07, 6.45) is 2.38. The molecule has 0 unspecified atom stereocenters. The molecule has 0 aliphatic carbocycles. The minimum atomic E-state index is -0.778. The monoisotopic (exact) mass is 332 g/mol. The number of amides is 1. The van der Waals surface area contributed by atoms with Crippen molar-refractivity contribution in [3.8, 4) is 10.6 Å². The Morgan fingerprint density at radius 3 is 2.74 bits per heavy atom. The molecule has 1 amide bonds. The van der Waals surface area contributed by atoms with Crippen molar-refractivity contribution in [3.63, 3.8) is 0 Å². The summed E-state index contributed by atoms with van der Waals surface area (Å²) < 4.78 is 0. The van der Waals surface area contributed by atoms with Gasteiger partial charge in [0.05, 0.1) is 0 Å². The van der Waals surface area contributed by atoms with Crippen molar-refractivity contribution in [2.45, 2.75) is 32.6 Å². The number of benzene rings is 1. The molecule has 1 aromatic heterocycles. The van der Waals surface area contributed by atoms with Gasteiger partial charge in [-0.25, -0.2) is 4.98 Å². The van der Waals surface area contributed by atoms with Gasteiger partial charge in [-0.3, -0.25) is 9.59 Å². The Hall–Kier alpha value is -2.21. The fourth-order valence-corrected chi connectivity index (χ4v) is 3.08. The van der Waals surface area contributed by atoms with Gasteiger partial charge in [0.25, 0.3) is 5.91 Å². The summed E-state index contributed by atoms with van der Waals surface area (Å²) in [4.78, 5) is 26.9. The predicted octanol–water partition coefficient (Wildman–Crippen LogP) is 3.49. The van der Waals surface area contributed by atoms with Crippen molar-refractivity contribution in [2.75, 3.05) is 6.54 Å². The minimum absolute atomic E-state index is 0.180. The maximum Gasteiger partial charge on any atom is 0.303 e. The first-order valence-corrected chi connectivity index (χ1v) is 8.47. The van der Waals surface area contributed by atoms with Crippen molar-refractivity contribution in [3.05, 3.63) is 40.9 Å². The van der Waals surface area contributed by atoms with Gasteiger partial charge < -0.3 is 10.4 Å². The molecule has 5 nitrogen and oxygen atoms in total. The highest BCUT2D eigenvalue weighted by Gasteiger charge is 2.12. The van der Waals surface area contributed by atoms with Crippen molar-refractivity contribution in [1.29, 1.82) is 0 Å². The van der Waals surface area contributed by atoms with Crippen molar-refractivity contribution in [2.24, 2.45) is 0 Å². The number of nitrogens with zero attached hydrogens (tertiary/aromatic N) is 1. The van der Waals surface area contributed by atoms with Gasteiger partial charge in [0.2, 0.25) is 0 Å². The number of carbonyl (C=O) groups is 2. The van der Waals surface area contributed by atoms with Gasteiger partial charge in [0.15, 0.2) is 0 Å². The first kappa shape index (κ1) is 17.1. The molecular weight excluding hydrogens is 312 g/mol. The zero-order chi connectivity index (χ0) is 16.7. The summed E-state index contributed by atoms with van der Waals surface area (Å²) >= 11 is 1.46. The number of rotatable bonds is 8. The summed E-state index contributed by atoms with van der Waals surface area (Å²) in [5.41, 5.74) is 2.61. The molecule has 0 saturated carbocycles. The quantitative estimate of drug-likeness (QED) is 0.725. The number of carboxylic acid groups (broad SMARTS) is 1. The molecule has 0 saturated heterocycles. The van der Waals surface area contributed by atoms with E-state index < -0.39 is 5.97 Å². The average molecular weight is 332 g/mol. The third kappa shape index (κ3) is 5.17. The summed E-state index contributed by atoms with van der Waals surface area (Å²) in [6.45, 7) is 2.56. The number of thiazole rings is 1. The zero-order valence-corrected chi connectivity index (χ0v) is 13.9. The Morgan fingerprint density at radius 2 is 2.00 bits per heavy atom. The number of hydrogen-bond donors (Lipinski definition) is 2. The lowest BCUT2D eigenvalue weighted by Gasteiger charge is -2.03. The molecule has 0 spiro atoms. The lowest BCUT2D eigenvalue weighted by Crippen LogP contribution is -2.24. The largest absolute Gasteiger partial charge is 0.481 e. The van der Waals surface area contributed by atoms with Crippen molar-refractivity contribution >= 4 is 23.2 Å². The summed E-state index contributed by atoms with van der Waals surface area (Å²) in [5, 5.41) is 14.0. The summed E-state index contributed by atoms with van der Waals surface area (Å²) in [6, 6.07) is 7.96. The smallest absolute Gasteiger partial charge is 0.303 e. The van der Waals surface area contributed by atoms with Gasteiger partial charge >= 0.3 is 5.97 Å². The second-order valence-corrected chi connectivity index (χ2v) is 6.17. The molecule has 23 heavy (non-hydrogen) atoms. The normalized spacial score (nSPS) is 10.5. The number of carboxylic acids is 1. The molecule has 6 heteroatoms. The molecule has 0 atom stereocenters. The predicted molar refractivity (Wildman–Crippen MR) is 90.7 cm³/mol. The van der Waals surface area contributed by atoms with Crippen LogP contribution in [0.3, 0.4) is 0 Å². The lowest BCUT2D eigenvalue weighted by atomic mass is 10.1. The Kier molecular flexibility index (Phi) is 6.29. The minimum Gasteiger partial charge on any atom is -0.481 e. The number of aliphatic carboxylic acids is 1. The Labute approximate surface area is 139 Å². The van der Waals surface area contributed by atoms with E-state index in [1.165, 1.54) is 11.3 Å². The number of hydrogen-bond acceptors (Lipinski definition) is 4. The molecule has 0 fully saturated rings. The number of aryl methyl sites for hydroxylation is 1. The molecule has 1 heterocycles. The third-order valence-corrected chi connectivity index (χ3v) is 4.34. The molecular formula is C17H20N2O3S. The number of aromatic nitrogens is 1. The Morgan fingerprint density at radius 1 is 1.22 bits per heavy atom. The SMILES string of the molecule is Cc1ccccc1-c1nc(C(=O)NCCCCCC(=O)O)cs1. The molecule has 2 aromatic rings. The van der Waals surface area contributed by atoms with Gasteiger partial charge in [-0.15, -0.1) is 11.3 Å². The average Bonchev–Trinajstić information content (AvgIpc) is 3.00. The molecule has 1 aromatic carbocycles. The van der Waals surface area contributed by atoms with E-state index in [0.29, 0.717) is 18.7 Å². The third-order valence-electron chi connectivity index (χ3n) is 3.47. The number of unbranched alkanes of at least 4 members (excludes halogenated alkanes) is 2. The maximum atomic E-state index is 12.1. The second-order valence-electron chi connectivity index (χ2n) is 5.31. The van der Waals surface area contributed by atoms with Crippen LogP contribution in [0.4, 0.5) is 0 Å². The van der Waals surface area contributed by atoms with E-state index in [4.69, 9.17) is 5.11 Å². The van der Waals surface area contributed by atoms with Crippen LogP contribution in [0.1, 0.15) is 41.7 Å². The fraction of sp³-hybridized carbons (Fsp3) is 0.353. The van der Waals surface area contributed by atoms with Crippen molar-refractivity contribution < 1.29 is 14.7 Å². The van der Waals surface area contributed by atoms with Crippen LogP contribution in [-0.4, -0.2) is 28.5 Å². The van der Waals surface area contributed by atoms with E-state index in [-0.39, 0.29) is 12.3 Å². The maximum absolute atomic E-state index is 12.1. The fourth-order valence-electron chi connectivity index (χ4n) is 2.19. The van der Waals surface area contributed by atoms with E-state index >= 15 is 0 Å². The molecule has 122 valence electrons. The van der Waals surface area contributed by atoms with Gasteiger partial charge in [-0.1, -0.05) is 30.7 Å². The van der Waals surface area contributed by atoms with Gasteiger partial charge in [-0.2, -0.15) is 0 Å². The molecule has 0 bridgehead atoms. The summed E-state index contributed by atoms with van der Waals surface area (Å²) in [7, 11) is 0. The Bertz CT molecular complexity index is 682. The van der Waals surface area contributed by atoms with Crippen LogP contribution in [0.5, 0.6) is 0 Å². The highest BCUT2D eigenvalue weighted by Crippen LogP contribution is 2.26. The van der Waals surface area contributed by atoms with Crippen LogP contribution in [0.2, 0.25) is 0 Å². The number of carbonyl (C=O) groups excluding carboxylic acids is 1. The van der Waals surface area contributed by atoms with Crippen LogP contribution in [0.15, 0.2) is 29.6 Å². The van der Waals surface area contributed by atoms with E-state index in [1.807, 2.05) is 31.2 Å². The lowest BCUT2D eigenvalue weighted by molar-refractivity contribution is -0.137. The summed E-state index contributed by atoms with van der Waals surface area (Å²) in [5.74, 6) is -0.959. The standard InChI is InChI=1S/C17H20N2O3S/c1-12-7-4-5-8-13(12)17-19-14(11-23-17)16(22)18-10-6-2-3-9-15(20)21/h4-5,7-8,11H,2-3,6,9-10H2,1H3,(H,18,22)(H,20,21). The molecule has 0 radical (unpaired) electrons. The molecule has 0 aliphatic rings. The first-order chi connectivity index (χ1) is 11.1. The van der Waals surface area contributed by atoms with Crippen LogP contribution in [0, 0.1) is 6.92 Å². The second kappa shape index (κ2) is 8.43. The van der Waals surface area contributed by atoms with Crippen LogP contribution in [-0.2, 0) is 4.79 Å². The van der Waals surface area contributed by atoms with Crippen LogP contribution >= 0.6 is 11.3 Å². The molecule has 2 N–H and O–H groups in total. The molecule has 0 aliphatic heterocycles. The first-order valence-electron chi connectivity index (χ1n) is 7.59. The zero-order valence-electron chi connectivity index (χ0n) is 13.0. The van der Waals surface area contributed by atoms with Crippen molar-refractivity contribution in [1.82, 2.24) is 10.3 Å². The number of nitrogens with one attached hydrogen (secondary N) is 1. The van der Waals surface area contributed by atoms with E-state index in [9.17, 15) is 9.59 Å². The van der Waals surface area contributed by atoms with E-state index in [2.05, 4.69) is 10.3 Å². The highest BCUT2D eigenvalue weighted by molar-refractivity contribution is 7.13. The van der Waals surface area contributed by atoms with Crippen LogP contribution in [0.25, 0.3) is 10.6 Å². The van der Waals surface area contributed by atoms with Crippen LogP contribution < -0.4 is 5.32 Å². The van der Waals surface area contributed by atoms with E-state index in [0.717, 1.165) is 29.0 Å².